The lowest BCUT2D eigenvalue weighted by Gasteiger charge is -2.56. The fourth-order valence-electron chi connectivity index (χ4n) is 5.38. The van der Waals surface area contributed by atoms with E-state index in [0.717, 1.165) is 37.0 Å². The Morgan fingerprint density at radius 2 is 1.50 bits per heavy atom. The first-order chi connectivity index (χ1) is 11.3. The van der Waals surface area contributed by atoms with Crippen molar-refractivity contribution in [1.29, 1.82) is 0 Å². The van der Waals surface area contributed by atoms with E-state index in [-0.39, 0.29) is 16.5 Å². The van der Waals surface area contributed by atoms with Gasteiger partial charge in [0.05, 0.1) is 4.90 Å². The second-order valence-corrected chi connectivity index (χ2v) is 9.20. The standard InChI is InChI=1S/C17H22N2O4S/c20-16(18-14-1-3-15(4-2-14)24(21,22)23)19-17-8-11-5-12(9-17)7-13(6-11)10-17/h1-4,11-13H,5-10H2,(H2,18,19,20)(H,21,22,23). The number of carbonyl (C=O) groups excluding carboxylic acids is 1. The van der Waals surface area contributed by atoms with Gasteiger partial charge in [-0.2, -0.15) is 8.42 Å². The highest BCUT2D eigenvalue weighted by Gasteiger charge is 2.51. The Morgan fingerprint density at radius 3 is 1.96 bits per heavy atom. The molecule has 1 aromatic carbocycles. The van der Waals surface area contributed by atoms with Crippen molar-refractivity contribution in [3.05, 3.63) is 24.3 Å². The van der Waals surface area contributed by atoms with E-state index in [0.29, 0.717) is 5.69 Å². The van der Waals surface area contributed by atoms with Crippen LogP contribution >= 0.6 is 0 Å². The van der Waals surface area contributed by atoms with Crippen LogP contribution in [0.3, 0.4) is 0 Å². The van der Waals surface area contributed by atoms with Crippen LogP contribution < -0.4 is 10.6 Å². The number of urea groups is 1. The first-order valence-corrected chi connectivity index (χ1v) is 9.92. The molecule has 4 aliphatic rings. The summed E-state index contributed by atoms with van der Waals surface area (Å²) >= 11 is 0. The Hall–Kier alpha value is -1.60. The zero-order valence-electron chi connectivity index (χ0n) is 13.4. The number of hydrogen-bond acceptors (Lipinski definition) is 3. The highest BCUT2D eigenvalue weighted by molar-refractivity contribution is 7.85. The van der Waals surface area contributed by atoms with E-state index in [1.165, 1.54) is 43.5 Å². The Bertz CT molecular complexity index is 722. The minimum Gasteiger partial charge on any atom is -0.332 e. The van der Waals surface area contributed by atoms with Crippen LogP contribution in [0.25, 0.3) is 0 Å². The zero-order chi connectivity index (χ0) is 16.9. The summed E-state index contributed by atoms with van der Waals surface area (Å²) in [6, 6.07) is 5.26. The maximum atomic E-state index is 12.4. The molecular weight excluding hydrogens is 328 g/mol. The van der Waals surface area contributed by atoms with Gasteiger partial charge in [-0.1, -0.05) is 0 Å². The van der Waals surface area contributed by atoms with Crippen LogP contribution in [0.15, 0.2) is 29.2 Å². The zero-order valence-corrected chi connectivity index (χ0v) is 14.2. The van der Waals surface area contributed by atoms with Gasteiger partial charge >= 0.3 is 6.03 Å². The summed E-state index contributed by atoms with van der Waals surface area (Å²) in [7, 11) is -4.21. The van der Waals surface area contributed by atoms with Crippen molar-refractivity contribution in [1.82, 2.24) is 5.32 Å². The third-order valence-electron chi connectivity index (χ3n) is 5.83. The summed E-state index contributed by atoms with van der Waals surface area (Å²) in [6.45, 7) is 0. The van der Waals surface area contributed by atoms with E-state index < -0.39 is 10.1 Å². The van der Waals surface area contributed by atoms with Gasteiger partial charge in [-0.15, -0.1) is 0 Å². The summed E-state index contributed by atoms with van der Waals surface area (Å²) < 4.78 is 31.1. The first kappa shape index (κ1) is 15.9. The molecule has 0 unspecified atom stereocenters. The van der Waals surface area contributed by atoms with Gasteiger partial charge in [0.2, 0.25) is 0 Å². The molecule has 4 bridgehead atoms. The number of benzene rings is 1. The third-order valence-corrected chi connectivity index (χ3v) is 6.69. The second-order valence-electron chi connectivity index (χ2n) is 7.78. The van der Waals surface area contributed by atoms with Gasteiger partial charge in [0.15, 0.2) is 0 Å². The van der Waals surface area contributed by atoms with Crippen LogP contribution in [0.2, 0.25) is 0 Å². The molecule has 3 N–H and O–H groups in total. The monoisotopic (exact) mass is 350 g/mol. The maximum Gasteiger partial charge on any atom is 0.319 e. The number of anilines is 1. The van der Waals surface area contributed by atoms with Gasteiger partial charge in [-0.3, -0.25) is 4.55 Å². The van der Waals surface area contributed by atoms with Crippen LogP contribution in [0.5, 0.6) is 0 Å². The average molecular weight is 350 g/mol. The van der Waals surface area contributed by atoms with Gasteiger partial charge in [0.25, 0.3) is 10.1 Å². The lowest BCUT2D eigenvalue weighted by molar-refractivity contribution is -0.0127. The Morgan fingerprint density at radius 1 is 1.00 bits per heavy atom. The van der Waals surface area contributed by atoms with Gasteiger partial charge in [0, 0.05) is 11.2 Å². The Kier molecular flexibility index (Phi) is 3.61. The maximum absolute atomic E-state index is 12.4. The van der Waals surface area contributed by atoms with Crippen molar-refractivity contribution >= 4 is 21.8 Å². The number of rotatable bonds is 3. The number of amides is 2. The van der Waals surface area contributed by atoms with E-state index in [9.17, 15) is 13.2 Å². The molecule has 0 radical (unpaired) electrons. The van der Waals surface area contributed by atoms with Crippen molar-refractivity contribution in [3.63, 3.8) is 0 Å². The molecule has 7 heteroatoms. The topological polar surface area (TPSA) is 95.5 Å². The highest BCUT2D eigenvalue weighted by atomic mass is 32.2. The molecule has 4 aliphatic carbocycles. The quantitative estimate of drug-likeness (QED) is 0.730. The summed E-state index contributed by atoms with van der Waals surface area (Å²) in [4.78, 5) is 12.2. The minimum absolute atomic E-state index is 0.0623. The molecule has 6 nitrogen and oxygen atoms in total. The third kappa shape index (κ3) is 3.02. The predicted molar refractivity (Wildman–Crippen MR) is 89.3 cm³/mol. The molecular formula is C17H22N2O4S. The molecule has 5 rings (SSSR count). The van der Waals surface area contributed by atoms with Crippen LogP contribution in [-0.2, 0) is 10.1 Å². The summed E-state index contributed by atoms with van der Waals surface area (Å²) in [5.41, 5.74) is 0.442. The van der Waals surface area contributed by atoms with E-state index in [1.807, 2.05) is 0 Å². The number of hydrogen-bond donors (Lipinski definition) is 3. The van der Waals surface area contributed by atoms with E-state index in [2.05, 4.69) is 10.6 Å². The molecule has 24 heavy (non-hydrogen) atoms. The summed E-state index contributed by atoms with van der Waals surface area (Å²) in [6.07, 6.45) is 7.19. The van der Waals surface area contributed by atoms with Crippen LogP contribution in [0.1, 0.15) is 38.5 Å². The van der Waals surface area contributed by atoms with Crippen molar-refractivity contribution in [3.8, 4) is 0 Å². The molecule has 0 spiro atoms. The molecule has 0 aromatic heterocycles. The molecule has 0 heterocycles. The van der Waals surface area contributed by atoms with Gasteiger partial charge in [-0.05, 0) is 80.5 Å². The van der Waals surface area contributed by atoms with E-state index >= 15 is 0 Å². The van der Waals surface area contributed by atoms with Crippen molar-refractivity contribution < 1.29 is 17.8 Å². The average Bonchev–Trinajstić information content (AvgIpc) is 2.44. The van der Waals surface area contributed by atoms with Crippen LogP contribution in [0.4, 0.5) is 10.5 Å². The lowest BCUT2D eigenvalue weighted by atomic mass is 9.53. The van der Waals surface area contributed by atoms with Crippen molar-refractivity contribution in [2.24, 2.45) is 17.8 Å². The smallest absolute Gasteiger partial charge is 0.319 e. The van der Waals surface area contributed by atoms with Gasteiger partial charge in [0.1, 0.15) is 0 Å². The lowest BCUT2D eigenvalue weighted by Crippen LogP contribution is -2.60. The SMILES string of the molecule is O=C(Nc1ccc(S(=O)(=O)O)cc1)NC12CC3CC(CC(C3)C1)C2. The largest absolute Gasteiger partial charge is 0.332 e. The molecule has 0 aliphatic heterocycles. The second kappa shape index (κ2) is 5.46. The molecule has 4 saturated carbocycles. The highest BCUT2D eigenvalue weighted by Crippen LogP contribution is 2.55. The Labute approximate surface area is 141 Å². The van der Waals surface area contributed by atoms with E-state index in [4.69, 9.17) is 4.55 Å². The molecule has 1 aromatic rings. The van der Waals surface area contributed by atoms with Crippen LogP contribution in [0, 0.1) is 17.8 Å². The predicted octanol–water partition coefficient (Wildman–Crippen LogP) is 3.02. The normalized spacial score (nSPS) is 34.1. The minimum atomic E-state index is -4.21. The van der Waals surface area contributed by atoms with E-state index in [1.54, 1.807) is 0 Å². The molecule has 4 fully saturated rings. The first-order valence-electron chi connectivity index (χ1n) is 8.48. The summed E-state index contributed by atoms with van der Waals surface area (Å²) in [5.74, 6) is 2.27. The molecule has 0 saturated heterocycles. The van der Waals surface area contributed by atoms with Crippen LogP contribution in [-0.4, -0.2) is 24.5 Å². The van der Waals surface area contributed by atoms with Gasteiger partial charge in [-0.25, -0.2) is 4.79 Å². The molecule has 130 valence electrons. The summed E-state index contributed by atoms with van der Waals surface area (Å²) in [5, 5.41) is 5.97. The fraction of sp³-hybridized carbons (Fsp3) is 0.588. The number of nitrogens with one attached hydrogen (secondary N) is 2. The van der Waals surface area contributed by atoms with Crippen molar-refractivity contribution in [2.75, 3.05) is 5.32 Å². The molecule has 2 amide bonds. The van der Waals surface area contributed by atoms with Gasteiger partial charge < -0.3 is 10.6 Å². The molecule has 0 atom stereocenters. The Balaban J connectivity index is 1.42. The van der Waals surface area contributed by atoms with Crippen molar-refractivity contribution in [2.45, 2.75) is 49.0 Å². The fourth-order valence-corrected chi connectivity index (χ4v) is 5.86. The number of carbonyl (C=O) groups is 1.